The van der Waals surface area contributed by atoms with Gasteiger partial charge >= 0.3 is 5.69 Å². The molecule has 21 heavy (non-hydrogen) atoms. The first kappa shape index (κ1) is 15.4. The molecule has 0 aliphatic rings. The Morgan fingerprint density at radius 1 is 1.29 bits per heavy atom. The fraction of sp³-hybridized carbons (Fsp3) is 0.0769. The maximum Gasteiger partial charge on any atom is 0.304 e. The number of halogens is 2. The van der Waals surface area contributed by atoms with E-state index in [2.05, 4.69) is 0 Å². The summed E-state index contributed by atoms with van der Waals surface area (Å²) >= 11 is 5.76. The van der Waals surface area contributed by atoms with Crippen molar-refractivity contribution in [2.45, 2.75) is 10.6 Å². The van der Waals surface area contributed by atoms with E-state index in [1.54, 1.807) is 6.07 Å². The Kier molecular flexibility index (Phi) is 4.54. The van der Waals surface area contributed by atoms with Crippen LogP contribution in [0.15, 0.2) is 41.3 Å². The fourth-order valence-electron chi connectivity index (χ4n) is 1.74. The first-order chi connectivity index (χ1) is 9.88. The van der Waals surface area contributed by atoms with E-state index in [4.69, 9.17) is 17.3 Å². The van der Waals surface area contributed by atoms with E-state index in [-0.39, 0.29) is 11.4 Å². The summed E-state index contributed by atoms with van der Waals surface area (Å²) in [5, 5.41) is 11.0. The van der Waals surface area contributed by atoms with Crippen LogP contribution in [0.4, 0.5) is 15.8 Å². The van der Waals surface area contributed by atoms with E-state index in [1.807, 2.05) is 0 Å². The minimum Gasteiger partial charge on any atom is -0.398 e. The normalized spacial score (nSPS) is 12.1. The third-order valence-electron chi connectivity index (χ3n) is 2.72. The Hall–Kier alpha value is -1.99. The van der Waals surface area contributed by atoms with E-state index in [1.165, 1.54) is 18.2 Å². The monoisotopic (exact) mass is 328 g/mol. The molecule has 0 saturated carbocycles. The number of nitrogens with zero attached hydrogens (tertiary/aromatic N) is 1. The van der Waals surface area contributed by atoms with Crippen molar-refractivity contribution in [3.8, 4) is 0 Å². The quantitative estimate of drug-likeness (QED) is 0.530. The number of hydrogen-bond acceptors (Lipinski definition) is 4. The summed E-state index contributed by atoms with van der Waals surface area (Å²) < 4.78 is 25.7. The number of nitrogens with two attached hydrogens (primary N) is 1. The lowest BCUT2D eigenvalue weighted by atomic mass is 10.2. The molecule has 0 aliphatic heterocycles. The van der Waals surface area contributed by atoms with Gasteiger partial charge in [-0.2, -0.15) is 4.39 Å². The van der Waals surface area contributed by atoms with Crippen LogP contribution in [0.25, 0.3) is 0 Å². The van der Waals surface area contributed by atoms with Crippen LogP contribution >= 0.6 is 11.6 Å². The average molecular weight is 329 g/mol. The molecule has 0 saturated heterocycles. The number of rotatable bonds is 4. The van der Waals surface area contributed by atoms with Gasteiger partial charge in [0.1, 0.15) is 0 Å². The summed E-state index contributed by atoms with van der Waals surface area (Å²) in [7, 11) is -1.50. The van der Waals surface area contributed by atoms with Crippen LogP contribution < -0.4 is 5.73 Å². The second-order valence-corrected chi connectivity index (χ2v) is 6.07. The average Bonchev–Trinajstić information content (AvgIpc) is 2.37. The number of nitro groups is 1. The maximum atomic E-state index is 13.5. The molecule has 1 unspecified atom stereocenters. The summed E-state index contributed by atoms with van der Waals surface area (Å²) in [5.74, 6) is -0.959. The summed E-state index contributed by atoms with van der Waals surface area (Å²) in [6.07, 6.45) is 0. The molecular formula is C13H10ClFN2O3S. The Labute approximate surface area is 127 Å². The van der Waals surface area contributed by atoms with Crippen LogP contribution in [0.5, 0.6) is 0 Å². The van der Waals surface area contributed by atoms with Crippen LogP contribution in [-0.2, 0) is 16.6 Å². The topological polar surface area (TPSA) is 86.2 Å². The van der Waals surface area contributed by atoms with Crippen LogP contribution in [0.1, 0.15) is 5.56 Å². The minimum absolute atomic E-state index is 0.000741. The third kappa shape index (κ3) is 3.56. The van der Waals surface area contributed by atoms with E-state index >= 15 is 0 Å². The van der Waals surface area contributed by atoms with Gasteiger partial charge < -0.3 is 5.73 Å². The third-order valence-corrected chi connectivity index (χ3v) is 4.42. The van der Waals surface area contributed by atoms with Gasteiger partial charge in [-0.25, -0.2) is 0 Å². The second-order valence-electron chi connectivity index (χ2n) is 4.21. The summed E-state index contributed by atoms with van der Waals surface area (Å²) in [4.78, 5) is 10.1. The van der Waals surface area contributed by atoms with Crippen molar-refractivity contribution in [1.82, 2.24) is 0 Å². The molecule has 0 radical (unpaired) electrons. The lowest BCUT2D eigenvalue weighted by Gasteiger charge is -2.06. The molecule has 0 fully saturated rings. The number of anilines is 1. The van der Waals surface area contributed by atoms with E-state index in [9.17, 15) is 18.7 Å². The summed E-state index contributed by atoms with van der Waals surface area (Å²) in [6, 6.07) is 7.99. The molecule has 2 aromatic carbocycles. The van der Waals surface area contributed by atoms with Crippen molar-refractivity contribution >= 4 is 33.8 Å². The number of nitrogen functional groups attached to an aromatic ring is 1. The predicted molar refractivity (Wildman–Crippen MR) is 79.0 cm³/mol. The molecule has 1 atom stereocenters. The molecule has 0 heterocycles. The highest BCUT2D eigenvalue weighted by atomic mass is 35.5. The molecule has 5 nitrogen and oxygen atoms in total. The largest absolute Gasteiger partial charge is 0.398 e. The second kappa shape index (κ2) is 6.19. The number of nitro benzene ring substituents is 1. The van der Waals surface area contributed by atoms with Crippen LogP contribution in [0, 0.1) is 15.9 Å². The molecule has 0 amide bonds. The van der Waals surface area contributed by atoms with Crippen LogP contribution in [-0.4, -0.2) is 9.13 Å². The van der Waals surface area contributed by atoms with Gasteiger partial charge in [0, 0.05) is 16.8 Å². The van der Waals surface area contributed by atoms with Crippen molar-refractivity contribution in [3.05, 3.63) is 62.9 Å². The van der Waals surface area contributed by atoms with Crippen molar-refractivity contribution < 1.29 is 13.5 Å². The number of benzene rings is 2. The molecule has 0 spiro atoms. The van der Waals surface area contributed by atoms with E-state index in [0.717, 1.165) is 12.1 Å². The first-order valence-electron chi connectivity index (χ1n) is 5.74. The Morgan fingerprint density at radius 3 is 2.57 bits per heavy atom. The predicted octanol–water partition coefficient (Wildman–Crippen LogP) is 3.28. The molecule has 0 aromatic heterocycles. The van der Waals surface area contributed by atoms with Gasteiger partial charge in [-0.15, -0.1) is 0 Å². The standard InChI is InChI=1S/C13H10ClFN2O3S/c14-9-2-4-13(11(16)6-9)21(20)7-8-1-3-12(17(18)19)10(15)5-8/h1-6H,7,16H2. The SMILES string of the molecule is Nc1cc(Cl)ccc1S(=O)Cc1ccc([N+](=O)[O-])c(F)c1. The highest BCUT2D eigenvalue weighted by Crippen LogP contribution is 2.24. The fourth-order valence-corrected chi connectivity index (χ4v) is 3.10. The van der Waals surface area contributed by atoms with Gasteiger partial charge in [0.15, 0.2) is 0 Å². The smallest absolute Gasteiger partial charge is 0.304 e. The summed E-state index contributed by atoms with van der Waals surface area (Å²) in [6.45, 7) is 0. The van der Waals surface area contributed by atoms with Crippen molar-refractivity contribution in [2.24, 2.45) is 0 Å². The zero-order chi connectivity index (χ0) is 15.6. The Bertz CT molecular complexity index is 739. The molecule has 110 valence electrons. The highest BCUT2D eigenvalue weighted by Gasteiger charge is 2.16. The molecular weight excluding hydrogens is 319 g/mol. The van der Waals surface area contributed by atoms with Crippen molar-refractivity contribution in [2.75, 3.05) is 5.73 Å². The lowest BCUT2D eigenvalue weighted by molar-refractivity contribution is -0.387. The molecule has 0 aliphatic carbocycles. The van der Waals surface area contributed by atoms with Gasteiger partial charge in [0.2, 0.25) is 5.82 Å². The van der Waals surface area contributed by atoms with Crippen LogP contribution in [0.2, 0.25) is 5.02 Å². The van der Waals surface area contributed by atoms with Crippen LogP contribution in [0.3, 0.4) is 0 Å². The molecule has 2 N–H and O–H groups in total. The number of hydrogen-bond donors (Lipinski definition) is 1. The molecule has 8 heteroatoms. The van der Waals surface area contributed by atoms with Gasteiger partial charge in [0.05, 0.1) is 26.4 Å². The minimum atomic E-state index is -1.50. The zero-order valence-electron chi connectivity index (χ0n) is 10.6. The Balaban J connectivity index is 2.23. The highest BCUT2D eigenvalue weighted by molar-refractivity contribution is 7.84. The first-order valence-corrected chi connectivity index (χ1v) is 7.44. The maximum absolute atomic E-state index is 13.5. The molecule has 2 aromatic rings. The zero-order valence-corrected chi connectivity index (χ0v) is 12.2. The lowest BCUT2D eigenvalue weighted by Crippen LogP contribution is -2.02. The summed E-state index contributed by atoms with van der Waals surface area (Å²) in [5.41, 5.74) is 5.77. The van der Waals surface area contributed by atoms with E-state index in [0.29, 0.717) is 15.5 Å². The van der Waals surface area contributed by atoms with Gasteiger partial charge in [-0.3, -0.25) is 14.3 Å². The van der Waals surface area contributed by atoms with Crippen molar-refractivity contribution in [1.29, 1.82) is 0 Å². The van der Waals surface area contributed by atoms with Gasteiger partial charge in [0.25, 0.3) is 0 Å². The van der Waals surface area contributed by atoms with Gasteiger partial charge in [-0.1, -0.05) is 17.7 Å². The van der Waals surface area contributed by atoms with E-state index < -0.39 is 27.2 Å². The van der Waals surface area contributed by atoms with Crippen molar-refractivity contribution in [3.63, 3.8) is 0 Å². The molecule has 0 bridgehead atoms. The molecule has 2 rings (SSSR count). The van der Waals surface area contributed by atoms with Gasteiger partial charge in [-0.05, 0) is 29.8 Å². The Morgan fingerprint density at radius 2 is 2.00 bits per heavy atom.